The van der Waals surface area contributed by atoms with Crippen molar-refractivity contribution in [2.24, 2.45) is 5.41 Å². The van der Waals surface area contributed by atoms with Crippen LogP contribution in [0, 0.1) is 5.41 Å². The Morgan fingerprint density at radius 1 is 1.44 bits per heavy atom. The molecule has 1 amide bonds. The number of nitrogens with one attached hydrogen (secondary N) is 2. The van der Waals surface area contributed by atoms with Gasteiger partial charge in [0.2, 0.25) is 5.91 Å². The van der Waals surface area contributed by atoms with Crippen molar-refractivity contribution >= 4 is 5.91 Å². The predicted molar refractivity (Wildman–Crippen MR) is 73.4 cm³/mol. The van der Waals surface area contributed by atoms with Gasteiger partial charge in [0.25, 0.3) is 0 Å². The first-order valence-corrected chi connectivity index (χ1v) is 7.17. The van der Waals surface area contributed by atoms with Crippen molar-refractivity contribution in [3.63, 3.8) is 0 Å². The highest BCUT2D eigenvalue weighted by Gasteiger charge is 2.40. The Hall–Kier alpha value is -0.610. The number of hydrogen-bond acceptors (Lipinski definition) is 3. The first-order chi connectivity index (χ1) is 8.46. The van der Waals surface area contributed by atoms with E-state index in [1.807, 2.05) is 6.92 Å². The highest BCUT2D eigenvalue weighted by molar-refractivity contribution is 5.83. The summed E-state index contributed by atoms with van der Waals surface area (Å²) in [6.07, 6.45) is 4.47. The molecule has 4 heteroatoms. The van der Waals surface area contributed by atoms with Crippen molar-refractivity contribution in [2.75, 3.05) is 19.6 Å². The number of amides is 1. The topological polar surface area (TPSA) is 61.4 Å². The van der Waals surface area contributed by atoms with Gasteiger partial charge in [0.05, 0.1) is 11.0 Å². The zero-order valence-electron chi connectivity index (χ0n) is 12.0. The molecule has 3 N–H and O–H groups in total. The van der Waals surface area contributed by atoms with E-state index in [2.05, 4.69) is 17.6 Å². The molecule has 0 bridgehead atoms. The lowest BCUT2D eigenvalue weighted by atomic mass is 9.81. The molecule has 0 radical (unpaired) electrons. The van der Waals surface area contributed by atoms with E-state index < -0.39 is 5.60 Å². The van der Waals surface area contributed by atoms with Gasteiger partial charge in [-0.1, -0.05) is 26.7 Å². The van der Waals surface area contributed by atoms with Crippen LogP contribution in [0.4, 0.5) is 0 Å². The summed E-state index contributed by atoms with van der Waals surface area (Å²) in [4.78, 5) is 12.3. The van der Waals surface area contributed by atoms with Crippen LogP contribution in [0.1, 0.15) is 52.9 Å². The predicted octanol–water partition coefficient (Wildman–Crippen LogP) is 1.43. The van der Waals surface area contributed by atoms with Gasteiger partial charge in [0, 0.05) is 13.1 Å². The average Bonchev–Trinajstić information content (AvgIpc) is 2.76. The van der Waals surface area contributed by atoms with Crippen LogP contribution in [0.5, 0.6) is 0 Å². The number of aliphatic hydroxyl groups is 1. The Balaban J connectivity index is 2.52. The summed E-state index contributed by atoms with van der Waals surface area (Å²) in [6.45, 7) is 7.97. The van der Waals surface area contributed by atoms with Gasteiger partial charge in [-0.2, -0.15) is 0 Å². The molecule has 2 atom stereocenters. The van der Waals surface area contributed by atoms with Crippen LogP contribution < -0.4 is 10.6 Å². The van der Waals surface area contributed by atoms with E-state index in [1.165, 1.54) is 0 Å². The summed E-state index contributed by atoms with van der Waals surface area (Å²) < 4.78 is 0. The number of carbonyl (C=O) groups is 1. The fourth-order valence-electron chi connectivity index (χ4n) is 2.83. The number of hydrogen-bond donors (Lipinski definition) is 3. The smallest absolute Gasteiger partial charge is 0.227 e. The van der Waals surface area contributed by atoms with Crippen LogP contribution in [0.2, 0.25) is 0 Å². The van der Waals surface area contributed by atoms with Crippen molar-refractivity contribution in [3.05, 3.63) is 0 Å². The molecule has 0 spiro atoms. The molecule has 0 aliphatic carbocycles. The lowest BCUT2D eigenvalue weighted by Crippen LogP contribution is -2.48. The summed E-state index contributed by atoms with van der Waals surface area (Å²) >= 11 is 0. The van der Waals surface area contributed by atoms with E-state index >= 15 is 0 Å². The number of rotatable bonds is 7. The summed E-state index contributed by atoms with van der Waals surface area (Å²) in [6, 6.07) is 0. The van der Waals surface area contributed by atoms with E-state index in [0.29, 0.717) is 13.0 Å². The molecule has 0 saturated carbocycles. The summed E-state index contributed by atoms with van der Waals surface area (Å²) in [5.41, 5.74) is -1.04. The van der Waals surface area contributed by atoms with Gasteiger partial charge in [-0.25, -0.2) is 0 Å². The second-order valence-corrected chi connectivity index (χ2v) is 5.89. The maximum absolute atomic E-state index is 12.3. The SMILES string of the molecule is CCCC(C)(O)CNC(=O)C1(CCC)CCNC1. The van der Waals surface area contributed by atoms with E-state index in [4.69, 9.17) is 0 Å². The van der Waals surface area contributed by atoms with Gasteiger partial charge >= 0.3 is 0 Å². The van der Waals surface area contributed by atoms with E-state index in [9.17, 15) is 9.90 Å². The highest BCUT2D eigenvalue weighted by Crippen LogP contribution is 2.31. The van der Waals surface area contributed by atoms with Crippen molar-refractivity contribution in [3.8, 4) is 0 Å². The van der Waals surface area contributed by atoms with Crippen LogP contribution >= 0.6 is 0 Å². The van der Waals surface area contributed by atoms with Crippen LogP contribution in [-0.2, 0) is 4.79 Å². The molecular formula is C14H28N2O2. The molecule has 1 fully saturated rings. The van der Waals surface area contributed by atoms with Crippen molar-refractivity contribution in [1.82, 2.24) is 10.6 Å². The highest BCUT2D eigenvalue weighted by atomic mass is 16.3. The molecule has 2 unspecified atom stereocenters. The van der Waals surface area contributed by atoms with Crippen LogP contribution in [-0.4, -0.2) is 36.2 Å². The second kappa shape index (κ2) is 6.53. The molecule has 0 aromatic rings. The average molecular weight is 256 g/mol. The molecule has 1 rings (SSSR count). The van der Waals surface area contributed by atoms with Gasteiger partial charge < -0.3 is 15.7 Å². The molecule has 106 valence electrons. The normalized spacial score (nSPS) is 26.9. The van der Waals surface area contributed by atoms with Crippen LogP contribution in [0.3, 0.4) is 0 Å². The lowest BCUT2D eigenvalue weighted by Gasteiger charge is -2.29. The maximum atomic E-state index is 12.3. The van der Waals surface area contributed by atoms with E-state index in [-0.39, 0.29) is 11.3 Å². The Kier molecular flexibility index (Phi) is 5.60. The standard InChI is InChI=1S/C14H28N2O2/c1-4-6-13(3,18)10-16-12(17)14(7-5-2)8-9-15-11-14/h15,18H,4-11H2,1-3H3,(H,16,17). The fourth-order valence-corrected chi connectivity index (χ4v) is 2.83. The summed E-state index contributed by atoms with van der Waals surface area (Å²) in [5.74, 6) is 0.103. The Labute approximate surface area is 111 Å². The minimum Gasteiger partial charge on any atom is -0.388 e. The zero-order valence-corrected chi connectivity index (χ0v) is 12.0. The van der Waals surface area contributed by atoms with Gasteiger partial charge in [-0.15, -0.1) is 0 Å². The van der Waals surface area contributed by atoms with E-state index in [1.54, 1.807) is 6.92 Å². The van der Waals surface area contributed by atoms with Gasteiger partial charge in [-0.05, 0) is 32.7 Å². The third kappa shape index (κ3) is 3.95. The molecule has 1 aliphatic rings. The molecule has 0 aromatic heterocycles. The first kappa shape index (κ1) is 15.4. The molecule has 1 saturated heterocycles. The third-order valence-corrected chi connectivity index (χ3v) is 3.87. The molecule has 1 aliphatic heterocycles. The summed E-state index contributed by atoms with van der Waals surface area (Å²) in [5, 5.41) is 16.3. The fraction of sp³-hybridized carbons (Fsp3) is 0.929. The number of carbonyl (C=O) groups excluding carboxylic acids is 1. The van der Waals surface area contributed by atoms with Gasteiger partial charge in [0.1, 0.15) is 0 Å². The quantitative estimate of drug-likeness (QED) is 0.646. The monoisotopic (exact) mass is 256 g/mol. The Bertz CT molecular complexity index is 271. The zero-order chi connectivity index (χ0) is 13.6. The van der Waals surface area contributed by atoms with Crippen LogP contribution in [0.15, 0.2) is 0 Å². The third-order valence-electron chi connectivity index (χ3n) is 3.87. The maximum Gasteiger partial charge on any atom is 0.227 e. The second-order valence-electron chi connectivity index (χ2n) is 5.89. The minimum absolute atomic E-state index is 0.103. The van der Waals surface area contributed by atoms with Gasteiger partial charge in [-0.3, -0.25) is 4.79 Å². The van der Waals surface area contributed by atoms with Crippen molar-refractivity contribution < 1.29 is 9.90 Å². The molecule has 0 aromatic carbocycles. The minimum atomic E-state index is -0.788. The lowest BCUT2D eigenvalue weighted by molar-refractivity contribution is -0.131. The van der Waals surface area contributed by atoms with Crippen LogP contribution in [0.25, 0.3) is 0 Å². The molecule has 4 nitrogen and oxygen atoms in total. The summed E-state index contributed by atoms with van der Waals surface area (Å²) in [7, 11) is 0. The largest absolute Gasteiger partial charge is 0.388 e. The molecule has 1 heterocycles. The first-order valence-electron chi connectivity index (χ1n) is 7.17. The molecule has 18 heavy (non-hydrogen) atoms. The molecular weight excluding hydrogens is 228 g/mol. The van der Waals surface area contributed by atoms with Crippen molar-refractivity contribution in [1.29, 1.82) is 0 Å². The van der Waals surface area contributed by atoms with E-state index in [0.717, 1.165) is 38.8 Å². The Morgan fingerprint density at radius 2 is 2.17 bits per heavy atom. The van der Waals surface area contributed by atoms with Gasteiger partial charge in [0.15, 0.2) is 0 Å². The van der Waals surface area contributed by atoms with Crippen molar-refractivity contribution in [2.45, 2.75) is 58.5 Å². The Morgan fingerprint density at radius 3 is 2.67 bits per heavy atom.